The Morgan fingerprint density at radius 3 is 2.44 bits per heavy atom. The Hall–Kier alpha value is -4.11. The highest BCUT2D eigenvalue weighted by molar-refractivity contribution is 6.31. The molecule has 1 aromatic heterocycles. The number of nitrogens with two attached hydrogens (primary N) is 1. The summed E-state index contributed by atoms with van der Waals surface area (Å²) in [4.78, 5) is 31.4. The number of hydrogen-bond acceptors (Lipinski definition) is 13. The molecule has 2 aromatic carbocycles. The fraction of sp³-hybridized carbons (Fsp3) is 0.367. The Morgan fingerprint density at radius 1 is 1.05 bits per heavy atom. The third-order valence-electron chi connectivity index (χ3n) is 7.96. The van der Waals surface area contributed by atoms with Gasteiger partial charge in [0.1, 0.15) is 47.0 Å². The van der Waals surface area contributed by atoms with Crippen LogP contribution in [0.4, 0.5) is 5.82 Å². The largest absolute Gasteiger partial charge is 0.507 e. The average molecular weight is 597 g/mol. The summed E-state index contributed by atoms with van der Waals surface area (Å²) < 4.78 is 17.0. The number of pyridine rings is 1. The number of aromatic nitrogens is 1. The maximum absolute atomic E-state index is 13.8. The molecule has 0 saturated carbocycles. The van der Waals surface area contributed by atoms with Crippen LogP contribution in [0.2, 0.25) is 0 Å². The first-order chi connectivity index (χ1) is 20.4. The third kappa shape index (κ3) is 5.09. The Labute approximate surface area is 245 Å². The zero-order valence-electron chi connectivity index (χ0n) is 23.4. The predicted molar refractivity (Wildman–Crippen MR) is 149 cm³/mol. The normalized spacial score (nSPS) is 24.8. The molecule has 43 heavy (non-hydrogen) atoms. The first-order valence-corrected chi connectivity index (χ1v) is 13.4. The molecule has 1 aliphatic heterocycles. The molecule has 0 radical (unpaired) electrons. The van der Waals surface area contributed by atoms with Crippen LogP contribution in [0.25, 0.3) is 0 Å². The number of aliphatic hydroxyl groups excluding tert-OH is 4. The van der Waals surface area contributed by atoms with E-state index in [9.17, 15) is 40.2 Å². The van der Waals surface area contributed by atoms with E-state index < -0.39 is 60.7 Å². The highest BCUT2D eigenvalue weighted by Gasteiger charge is 2.55. The summed E-state index contributed by atoms with van der Waals surface area (Å²) in [5, 5.41) is 64.3. The molecule has 2 aliphatic rings. The van der Waals surface area contributed by atoms with Gasteiger partial charge in [0.05, 0.1) is 31.5 Å². The van der Waals surface area contributed by atoms with Gasteiger partial charge in [0, 0.05) is 29.0 Å². The number of rotatable bonds is 8. The summed E-state index contributed by atoms with van der Waals surface area (Å²) in [5.41, 5.74) is 3.89. The molecule has 228 valence electrons. The topological polar surface area (TPSA) is 222 Å². The summed E-state index contributed by atoms with van der Waals surface area (Å²) in [5.74, 6) is -2.00. The molecule has 3 aromatic rings. The van der Waals surface area contributed by atoms with Crippen LogP contribution in [0.3, 0.4) is 0 Å². The van der Waals surface area contributed by atoms with Crippen molar-refractivity contribution >= 4 is 17.4 Å². The number of benzene rings is 2. The van der Waals surface area contributed by atoms with Crippen molar-refractivity contribution in [2.24, 2.45) is 0 Å². The van der Waals surface area contributed by atoms with E-state index in [1.165, 1.54) is 31.5 Å². The maximum Gasteiger partial charge on any atom is 0.229 e. The highest BCUT2D eigenvalue weighted by Crippen LogP contribution is 2.44. The van der Waals surface area contributed by atoms with E-state index in [1.54, 1.807) is 19.1 Å². The number of aromatic hydroxyl groups is 1. The van der Waals surface area contributed by atoms with Crippen LogP contribution in [0.15, 0.2) is 36.5 Å². The zero-order valence-corrected chi connectivity index (χ0v) is 23.4. The lowest BCUT2D eigenvalue weighted by molar-refractivity contribution is -0.314. The van der Waals surface area contributed by atoms with Crippen LogP contribution >= 0.6 is 0 Å². The van der Waals surface area contributed by atoms with Gasteiger partial charge in [-0.25, -0.2) is 4.98 Å². The molecule has 0 amide bonds. The number of ketones is 2. The van der Waals surface area contributed by atoms with Crippen molar-refractivity contribution < 1.29 is 54.4 Å². The number of methoxy groups -OCH3 is 1. The number of fused-ring (bicyclic) bond motifs is 2. The number of phenolic OH excluding ortho intramolecular Hbond substituents is 1. The van der Waals surface area contributed by atoms with E-state index in [1.807, 2.05) is 0 Å². The van der Waals surface area contributed by atoms with Crippen molar-refractivity contribution in [3.05, 3.63) is 75.5 Å². The second kappa shape index (κ2) is 11.5. The molecule has 1 aliphatic carbocycles. The van der Waals surface area contributed by atoms with Gasteiger partial charge in [0.25, 0.3) is 0 Å². The first-order valence-electron chi connectivity index (χ1n) is 13.4. The molecule has 13 nitrogen and oxygen atoms in total. The minimum Gasteiger partial charge on any atom is -0.507 e. The summed E-state index contributed by atoms with van der Waals surface area (Å²) in [6, 6.07) is 7.21. The van der Waals surface area contributed by atoms with Gasteiger partial charge in [-0.05, 0) is 55.2 Å². The smallest absolute Gasteiger partial charge is 0.229 e. The van der Waals surface area contributed by atoms with Crippen LogP contribution in [-0.4, -0.2) is 91.1 Å². The SMILES string of the molecule is COc1cc(OC2OC(CO)C(O)(CCc3ccnc(N)c3)C(O)C2O)c2c(c1CO)C(=O)c1cc(C)cc(O)c1C2=O. The molecular weight excluding hydrogens is 564 g/mol. The molecular formula is C30H32N2O11. The van der Waals surface area contributed by atoms with Gasteiger partial charge in [0.2, 0.25) is 12.1 Å². The van der Waals surface area contributed by atoms with Crippen molar-refractivity contribution in [1.29, 1.82) is 0 Å². The average Bonchev–Trinajstić information content (AvgIpc) is 2.98. The van der Waals surface area contributed by atoms with Gasteiger partial charge < -0.3 is 50.6 Å². The van der Waals surface area contributed by atoms with E-state index in [2.05, 4.69) is 4.98 Å². The molecule has 1 saturated heterocycles. The molecule has 1 fully saturated rings. The molecule has 0 bridgehead atoms. The van der Waals surface area contributed by atoms with Gasteiger partial charge in [-0.1, -0.05) is 0 Å². The van der Waals surface area contributed by atoms with Crippen LogP contribution in [0.5, 0.6) is 17.2 Å². The van der Waals surface area contributed by atoms with Crippen LogP contribution < -0.4 is 15.2 Å². The summed E-state index contributed by atoms with van der Waals surface area (Å²) >= 11 is 0. The highest BCUT2D eigenvalue weighted by atomic mass is 16.7. The molecule has 0 spiro atoms. The van der Waals surface area contributed by atoms with Gasteiger partial charge in [-0.2, -0.15) is 0 Å². The number of carbonyl (C=O) groups is 2. The Balaban J connectivity index is 1.52. The number of aryl methyl sites for hydroxylation is 2. The number of nitrogens with zero attached hydrogens (tertiary/aromatic N) is 1. The number of carbonyl (C=O) groups excluding carboxylic acids is 2. The molecule has 5 rings (SSSR count). The van der Waals surface area contributed by atoms with Crippen LogP contribution in [0, 0.1) is 6.92 Å². The molecule has 13 heteroatoms. The number of phenols is 1. The quantitative estimate of drug-likeness (QED) is 0.144. The van der Waals surface area contributed by atoms with Crippen molar-refractivity contribution in [3.8, 4) is 17.2 Å². The van der Waals surface area contributed by atoms with E-state index >= 15 is 0 Å². The number of ether oxygens (including phenoxy) is 3. The maximum atomic E-state index is 13.8. The van der Waals surface area contributed by atoms with E-state index in [-0.39, 0.29) is 58.0 Å². The second-order valence-electron chi connectivity index (χ2n) is 10.6. The minimum atomic E-state index is -2.13. The van der Waals surface area contributed by atoms with Crippen LogP contribution in [-0.2, 0) is 17.8 Å². The third-order valence-corrected chi connectivity index (χ3v) is 7.96. The lowest BCUT2D eigenvalue weighted by Gasteiger charge is -2.48. The number of hydrogen-bond donors (Lipinski definition) is 7. The molecule has 5 atom stereocenters. The van der Waals surface area contributed by atoms with Gasteiger partial charge in [-0.15, -0.1) is 0 Å². The van der Waals surface area contributed by atoms with Crippen molar-refractivity contribution in [2.75, 3.05) is 19.5 Å². The second-order valence-corrected chi connectivity index (χ2v) is 10.6. The molecule has 5 unspecified atom stereocenters. The lowest BCUT2D eigenvalue weighted by Crippen LogP contribution is -2.68. The fourth-order valence-corrected chi connectivity index (χ4v) is 5.75. The Bertz CT molecular complexity index is 1590. The number of aliphatic hydroxyl groups is 5. The van der Waals surface area contributed by atoms with Gasteiger partial charge in [-0.3, -0.25) is 9.59 Å². The lowest BCUT2D eigenvalue weighted by atomic mass is 9.79. The Morgan fingerprint density at radius 2 is 1.79 bits per heavy atom. The van der Waals surface area contributed by atoms with E-state index in [4.69, 9.17) is 19.9 Å². The van der Waals surface area contributed by atoms with Crippen molar-refractivity contribution in [1.82, 2.24) is 4.98 Å². The minimum absolute atomic E-state index is 0.000602. The van der Waals surface area contributed by atoms with Crippen LogP contribution in [0.1, 0.15) is 55.0 Å². The van der Waals surface area contributed by atoms with Gasteiger partial charge >= 0.3 is 0 Å². The van der Waals surface area contributed by atoms with Crippen molar-refractivity contribution in [2.45, 2.75) is 56.6 Å². The standard InChI is InChI=1S/C30H32N2O11/c1-13-7-15-22(17(35)8-13)26(37)24-19(10-18(41-2)16(11-33)23(24)25(15)36)42-29-27(38)28(39)30(40,20(12-34)43-29)5-3-14-4-6-32-21(31)9-14/h4,6-10,20,27-29,33-35,38-40H,3,5,11-12H2,1-2H3,(H2,31,32). The predicted octanol–water partition coefficient (Wildman–Crippen LogP) is 0.136. The van der Waals surface area contributed by atoms with Crippen molar-refractivity contribution in [3.63, 3.8) is 0 Å². The summed E-state index contributed by atoms with van der Waals surface area (Å²) in [7, 11) is 1.28. The zero-order chi connectivity index (χ0) is 31.2. The van der Waals surface area contributed by atoms with E-state index in [0.717, 1.165) is 0 Å². The number of nitrogen functional groups attached to an aromatic ring is 1. The monoisotopic (exact) mass is 596 g/mol. The molecule has 2 heterocycles. The molecule has 8 N–H and O–H groups in total. The Kier molecular flexibility index (Phi) is 8.13. The number of anilines is 1. The first kappa shape index (κ1) is 30.4. The van der Waals surface area contributed by atoms with E-state index in [0.29, 0.717) is 11.1 Å². The van der Waals surface area contributed by atoms with Gasteiger partial charge in [0.15, 0.2) is 5.78 Å². The summed E-state index contributed by atoms with van der Waals surface area (Å²) in [6.07, 6.45) is -5.46. The summed E-state index contributed by atoms with van der Waals surface area (Å²) in [6.45, 7) is 0.183. The fourth-order valence-electron chi connectivity index (χ4n) is 5.75.